The van der Waals surface area contributed by atoms with E-state index in [1.54, 1.807) is 43.3 Å². The van der Waals surface area contributed by atoms with E-state index < -0.39 is 0 Å². The molecule has 1 amide bonds. The lowest BCUT2D eigenvalue weighted by molar-refractivity contribution is -0.115. The second kappa shape index (κ2) is 7.68. The van der Waals surface area contributed by atoms with Gasteiger partial charge in [-0.25, -0.2) is 9.37 Å². The molecule has 2 aromatic heterocycles. The van der Waals surface area contributed by atoms with Gasteiger partial charge >= 0.3 is 0 Å². The van der Waals surface area contributed by atoms with E-state index in [0.29, 0.717) is 22.0 Å². The van der Waals surface area contributed by atoms with Crippen LogP contribution >= 0.6 is 11.6 Å². The van der Waals surface area contributed by atoms with Crippen LogP contribution < -0.4 is 5.32 Å². The number of hydrogen-bond donors (Lipinski definition) is 1. The van der Waals surface area contributed by atoms with Crippen molar-refractivity contribution in [3.63, 3.8) is 0 Å². The van der Waals surface area contributed by atoms with Crippen molar-refractivity contribution in [1.82, 2.24) is 9.38 Å². The average Bonchev–Trinajstić information content (AvgIpc) is 3.03. The minimum atomic E-state index is -0.268. The van der Waals surface area contributed by atoms with Gasteiger partial charge in [-0.3, -0.25) is 4.79 Å². The number of benzene rings is 2. The Morgan fingerprint density at radius 3 is 2.59 bits per heavy atom. The zero-order valence-electron chi connectivity index (χ0n) is 16.0. The van der Waals surface area contributed by atoms with E-state index in [-0.39, 0.29) is 18.1 Å². The molecule has 0 aliphatic carbocycles. The van der Waals surface area contributed by atoms with Crippen LogP contribution in [0.5, 0.6) is 0 Å². The number of amides is 1. The molecule has 0 unspecified atom stereocenters. The summed E-state index contributed by atoms with van der Waals surface area (Å²) in [6.45, 7) is 3.70. The molecule has 4 aromatic rings. The highest BCUT2D eigenvalue weighted by Gasteiger charge is 2.18. The molecule has 29 heavy (non-hydrogen) atoms. The first kappa shape index (κ1) is 19.2. The van der Waals surface area contributed by atoms with Crippen LogP contribution in [0, 0.1) is 19.7 Å². The van der Waals surface area contributed by atoms with Crippen molar-refractivity contribution in [2.24, 2.45) is 0 Å². The quantitative estimate of drug-likeness (QED) is 0.479. The van der Waals surface area contributed by atoms with Crippen molar-refractivity contribution in [2.75, 3.05) is 5.32 Å². The highest BCUT2D eigenvalue weighted by atomic mass is 35.5. The minimum absolute atomic E-state index is 0.124. The fraction of sp³-hybridized carbons (Fsp3) is 0.130. The molecular weight excluding hydrogens is 389 g/mol. The number of imidazole rings is 1. The van der Waals surface area contributed by atoms with Crippen LogP contribution in [-0.4, -0.2) is 15.3 Å². The van der Waals surface area contributed by atoms with Gasteiger partial charge in [0.05, 0.1) is 17.8 Å². The van der Waals surface area contributed by atoms with Crippen molar-refractivity contribution < 1.29 is 9.18 Å². The molecule has 0 bridgehead atoms. The molecular formula is C23H19ClFN3O. The summed E-state index contributed by atoms with van der Waals surface area (Å²) in [6.07, 6.45) is 2.08. The Kier molecular flexibility index (Phi) is 5.07. The first-order valence-electron chi connectivity index (χ1n) is 9.20. The number of fused-ring (bicyclic) bond motifs is 1. The number of carbonyl (C=O) groups excluding carboxylic acids is 1. The molecule has 4 rings (SSSR count). The second-order valence-electron chi connectivity index (χ2n) is 7.04. The summed E-state index contributed by atoms with van der Waals surface area (Å²) in [4.78, 5) is 17.5. The van der Waals surface area contributed by atoms with Crippen LogP contribution in [0.2, 0.25) is 5.02 Å². The molecule has 0 saturated heterocycles. The van der Waals surface area contributed by atoms with Crippen molar-refractivity contribution in [3.8, 4) is 11.3 Å². The maximum absolute atomic E-state index is 13.8. The number of nitrogens with one attached hydrogen (secondary N) is 1. The Morgan fingerprint density at radius 2 is 1.86 bits per heavy atom. The van der Waals surface area contributed by atoms with Crippen LogP contribution in [0.3, 0.4) is 0 Å². The molecule has 2 heterocycles. The van der Waals surface area contributed by atoms with Gasteiger partial charge in [-0.05, 0) is 73.5 Å². The van der Waals surface area contributed by atoms with Crippen molar-refractivity contribution in [1.29, 1.82) is 0 Å². The van der Waals surface area contributed by atoms with Gasteiger partial charge in [0.25, 0.3) is 0 Å². The summed E-state index contributed by atoms with van der Waals surface area (Å²) in [5.74, 6) is -0.439. The topological polar surface area (TPSA) is 46.4 Å². The molecule has 146 valence electrons. The van der Waals surface area contributed by atoms with Crippen LogP contribution in [-0.2, 0) is 11.2 Å². The third kappa shape index (κ3) is 4.00. The van der Waals surface area contributed by atoms with E-state index in [2.05, 4.69) is 5.32 Å². The van der Waals surface area contributed by atoms with Gasteiger partial charge in [0, 0.05) is 22.5 Å². The third-order valence-corrected chi connectivity index (χ3v) is 5.00. The largest absolute Gasteiger partial charge is 0.326 e. The summed E-state index contributed by atoms with van der Waals surface area (Å²) in [7, 11) is 0. The van der Waals surface area contributed by atoms with E-state index >= 15 is 0 Å². The number of nitrogens with zero attached hydrogens (tertiary/aromatic N) is 2. The van der Waals surface area contributed by atoms with E-state index in [1.807, 2.05) is 29.7 Å². The van der Waals surface area contributed by atoms with Gasteiger partial charge < -0.3 is 9.72 Å². The van der Waals surface area contributed by atoms with E-state index in [1.165, 1.54) is 6.07 Å². The molecule has 0 saturated carbocycles. The van der Waals surface area contributed by atoms with Gasteiger partial charge in [0.1, 0.15) is 11.5 Å². The number of anilines is 1. The summed E-state index contributed by atoms with van der Waals surface area (Å²) >= 11 is 5.90. The number of hydrogen-bond acceptors (Lipinski definition) is 2. The van der Waals surface area contributed by atoms with Crippen LogP contribution in [0.1, 0.15) is 16.8 Å². The molecule has 0 aliphatic rings. The van der Waals surface area contributed by atoms with Gasteiger partial charge in [-0.15, -0.1) is 0 Å². The first-order valence-corrected chi connectivity index (χ1v) is 9.58. The number of rotatable bonds is 4. The monoisotopic (exact) mass is 407 g/mol. The summed E-state index contributed by atoms with van der Waals surface area (Å²) in [5.41, 5.74) is 5.19. The molecule has 0 radical (unpaired) electrons. The van der Waals surface area contributed by atoms with Crippen LogP contribution in [0.4, 0.5) is 10.1 Å². The summed E-state index contributed by atoms with van der Waals surface area (Å²) in [6, 6.07) is 15.7. The lowest BCUT2D eigenvalue weighted by atomic mass is 10.1. The van der Waals surface area contributed by atoms with Crippen LogP contribution in [0.15, 0.2) is 60.8 Å². The fourth-order valence-electron chi connectivity index (χ4n) is 3.28. The van der Waals surface area contributed by atoms with E-state index in [0.717, 1.165) is 22.5 Å². The zero-order chi connectivity index (χ0) is 20.5. The molecule has 1 N–H and O–H groups in total. The normalized spacial score (nSPS) is 11.0. The molecule has 0 aliphatic heterocycles. The highest BCUT2D eigenvalue weighted by molar-refractivity contribution is 6.30. The van der Waals surface area contributed by atoms with Crippen LogP contribution in [0.25, 0.3) is 16.9 Å². The molecule has 0 atom stereocenters. The average molecular weight is 408 g/mol. The highest BCUT2D eigenvalue weighted by Crippen LogP contribution is 2.27. The smallest absolute Gasteiger partial charge is 0.230 e. The molecule has 6 heteroatoms. The lowest BCUT2D eigenvalue weighted by Gasteiger charge is -2.09. The maximum atomic E-state index is 13.8. The predicted molar refractivity (Wildman–Crippen MR) is 114 cm³/mol. The minimum Gasteiger partial charge on any atom is -0.326 e. The van der Waals surface area contributed by atoms with Gasteiger partial charge in [0.15, 0.2) is 0 Å². The molecule has 0 fully saturated rings. The third-order valence-electron chi connectivity index (χ3n) is 4.75. The van der Waals surface area contributed by atoms with E-state index in [9.17, 15) is 9.18 Å². The van der Waals surface area contributed by atoms with Gasteiger partial charge in [-0.2, -0.15) is 0 Å². The van der Waals surface area contributed by atoms with Gasteiger partial charge in [0.2, 0.25) is 5.91 Å². The Hall–Kier alpha value is -3.18. The maximum Gasteiger partial charge on any atom is 0.230 e. The summed E-state index contributed by atoms with van der Waals surface area (Å²) in [5, 5.41) is 3.49. The van der Waals surface area contributed by atoms with Crippen molar-refractivity contribution in [3.05, 3.63) is 88.5 Å². The number of pyridine rings is 1. The van der Waals surface area contributed by atoms with Crippen molar-refractivity contribution in [2.45, 2.75) is 20.3 Å². The Labute approximate surface area is 173 Å². The second-order valence-corrected chi connectivity index (χ2v) is 7.47. The standard InChI is InChI=1S/C23H19ClFN3O/c1-14-3-10-21-27-23(16-4-9-19(25)15(2)11-16)20(28(21)13-14)12-22(29)26-18-7-5-17(24)6-8-18/h3-11,13H,12H2,1-2H3,(H,26,29). The molecule has 0 spiro atoms. The lowest BCUT2D eigenvalue weighted by Crippen LogP contribution is -2.16. The molecule has 2 aromatic carbocycles. The number of aromatic nitrogens is 2. The Bertz CT molecular complexity index is 1220. The summed E-state index contributed by atoms with van der Waals surface area (Å²) < 4.78 is 15.7. The van der Waals surface area contributed by atoms with Crippen molar-refractivity contribution >= 4 is 28.8 Å². The number of aryl methyl sites for hydroxylation is 2. The number of carbonyl (C=O) groups is 1. The Morgan fingerprint density at radius 1 is 1.10 bits per heavy atom. The van der Waals surface area contributed by atoms with E-state index in [4.69, 9.17) is 16.6 Å². The zero-order valence-corrected chi connectivity index (χ0v) is 16.8. The first-order chi connectivity index (χ1) is 13.9. The number of halogens is 2. The predicted octanol–water partition coefficient (Wildman–Crippen LogP) is 5.59. The van der Waals surface area contributed by atoms with Gasteiger partial charge in [-0.1, -0.05) is 17.7 Å². The SMILES string of the molecule is Cc1ccc2nc(-c3ccc(F)c(C)c3)c(CC(=O)Nc3ccc(Cl)cc3)n2c1. The fourth-order valence-corrected chi connectivity index (χ4v) is 3.41. The molecule has 4 nitrogen and oxygen atoms in total. The Balaban J connectivity index is 1.74.